The van der Waals surface area contributed by atoms with Gasteiger partial charge in [0.2, 0.25) is 11.9 Å². The summed E-state index contributed by atoms with van der Waals surface area (Å²) in [6.07, 6.45) is 2.11. The molecular weight excluding hydrogens is 236 g/mol. The molecule has 0 amide bonds. The second kappa shape index (κ2) is 6.31. The number of hydrazine groups is 1. The third-order valence-electron chi connectivity index (χ3n) is 2.82. The van der Waals surface area contributed by atoms with Crippen LogP contribution in [0.4, 0.5) is 11.9 Å². The Balaban J connectivity index is 1.94. The molecule has 0 aromatic carbocycles. The lowest BCUT2D eigenvalue weighted by molar-refractivity contribution is 0.0699. The van der Waals surface area contributed by atoms with Gasteiger partial charge < -0.3 is 14.8 Å². The van der Waals surface area contributed by atoms with Crippen molar-refractivity contribution in [2.24, 2.45) is 11.8 Å². The maximum Gasteiger partial charge on any atom is 0.322 e. The van der Waals surface area contributed by atoms with Gasteiger partial charge in [0.25, 0.3) is 0 Å². The number of hydrogen-bond donors (Lipinski definition) is 3. The van der Waals surface area contributed by atoms with E-state index < -0.39 is 0 Å². The zero-order valence-electron chi connectivity index (χ0n) is 10.3. The van der Waals surface area contributed by atoms with E-state index in [0.717, 1.165) is 32.6 Å². The molecule has 1 saturated heterocycles. The zero-order valence-corrected chi connectivity index (χ0v) is 10.3. The Labute approximate surface area is 105 Å². The molecule has 4 N–H and O–H groups in total. The third-order valence-corrected chi connectivity index (χ3v) is 2.82. The maximum atomic E-state index is 5.31. The normalized spacial score (nSPS) is 16.3. The number of nitrogens with two attached hydrogens (primary N) is 1. The molecule has 0 saturated carbocycles. The summed E-state index contributed by atoms with van der Waals surface area (Å²) in [4.78, 5) is 12.1. The van der Waals surface area contributed by atoms with Gasteiger partial charge in [0.1, 0.15) is 0 Å². The molecule has 8 heteroatoms. The Morgan fingerprint density at radius 2 is 2.00 bits per heavy atom. The van der Waals surface area contributed by atoms with Crippen molar-refractivity contribution in [2.75, 3.05) is 37.6 Å². The Kier molecular flexibility index (Phi) is 4.48. The largest absolute Gasteiger partial charge is 0.467 e. The van der Waals surface area contributed by atoms with Crippen molar-refractivity contribution in [3.63, 3.8) is 0 Å². The van der Waals surface area contributed by atoms with E-state index in [0.29, 0.717) is 11.9 Å². The Hall–Kier alpha value is -1.67. The molecule has 18 heavy (non-hydrogen) atoms. The van der Waals surface area contributed by atoms with E-state index in [2.05, 4.69) is 25.7 Å². The van der Waals surface area contributed by atoms with Crippen LogP contribution in [0.3, 0.4) is 0 Å². The lowest BCUT2D eigenvalue weighted by Crippen LogP contribution is -2.23. The summed E-state index contributed by atoms with van der Waals surface area (Å²) in [5.74, 6) is 6.59. The minimum Gasteiger partial charge on any atom is -0.467 e. The highest BCUT2D eigenvalue weighted by atomic mass is 16.5. The number of nitrogen functional groups attached to an aromatic ring is 1. The predicted molar refractivity (Wildman–Crippen MR) is 66.2 cm³/mol. The lowest BCUT2D eigenvalue weighted by Gasteiger charge is -2.22. The van der Waals surface area contributed by atoms with Gasteiger partial charge >= 0.3 is 6.01 Å². The molecule has 0 spiro atoms. The van der Waals surface area contributed by atoms with Gasteiger partial charge in [-0.1, -0.05) is 0 Å². The summed E-state index contributed by atoms with van der Waals surface area (Å²) in [6.45, 7) is 2.45. The van der Waals surface area contributed by atoms with Gasteiger partial charge in [-0.2, -0.15) is 15.0 Å². The number of hydrogen-bond acceptors (Lipinski definition) is 8. The fourth-order valence-electron chi connectivity index (χ4n) is 1.78. The third kappa shape index (κ3) is 3.41. The van der Waals surface area contributed by atoms with Crippen LogP contribution in [-0.2, 0) is 4.74 Å². The highest BCUT2D eigenvalue weighted by molar-refractivity contribution is 5.34. The molecule has 1 aliphatic rings. The maximum absolute atomic E-state index is 5.31. The van der Waals surface area contributed by atoms with E-state index in [-0.39, 0.29) is 12.0 Å². The quantitative estimate of drug-likeness (QED) is 0.498. The number of nitrogens with one attached hydrogen (secondary N) is 2. The predicted octanol–water partition coefficient (Wildman–Crippen LogP) is 0.00430. The second-order valence-corrected chi connectivity index (χ2v) is 4.05. The fraction of sp³-hybridized carbons (Fsp3) is 0.700. The van der Waals surface area contributed by atoms with Crippen LogP contribution in [0, 0.1) is 5.92 Å². The summed E-state index contributed by atoms with van der Waals surface area (Å²) in [5.41, 5.74) is 2.38. The van der Waals surface area contributed by atoms with Crippen LogP contribution >= 0.6 is 0 Å². The Morgan fingerprint density at radius 1 is 1.28 bits per heavy atom. The van der Waals surface area contributed by atoms with Crippen molar-refractivity contribution >= 4 is 11.9 Å². The summed E-state index contributed by atoms with van der Waals surface area (Å²) >= 11 is 0. The minimum atomic E-state index is 0.229. The highest BCUT2D eigenvalue weighted by Gasteiger charge is 2.14. The van der Waals surface area contributed by atoms with E-state index in [1.165, 1.54) is 7.11 Å². The first kappa shape index (κ1) is 12.8. The number of aromatic nitrogens is 3. The van der Waals surface area contributed by atoms with E-state index in [4.69, 9.17) is 15.3 Å². The molecule has 0 bridgehead atoms. The topological polar surface area (TPSA) is 107 Å². The van der Waals surface area contributed by atoms with Gasteiger partial charge in [-0.25, -0.2) is 5.84 Å². The molecule has 1 fully saturated rings. The van der Waals surface area contributed by atoms with Gasteiger partial charge in [-0.15, -0.1) is 0 Å². The molecule has 0 radical (unpaired) electrons. The monoisotopic (exact) mass is 254 g/mol. The molecule has 2 rings (SSSR count). The average Bonchev–Trinajstić information content (AvgIpc) is 2.45. The fourth-order valence-corrected chi connectivity index (χ4v) is 1.78. The smallest absolute Gasteiger partial charge is 0.322 e. The molecule has 0 atom stereocenters. The standard InChI is InChI=1S/C10H18N6O2/c1-17-10-14-8(13-9(15-10)16-11)12-6-7-2-4-18-5-3-7/h7H,2-6,11H2,1H3,(H2,12,13,14,15,16). The van der Waals surface area contributed by atoms with E-state index in [1.807, 2.05) is 0 Å². The van der Waals surface area contributed by atoms with Crippen molar-refractivity contribution in [2.45, 2.75) is 12.8 Å². The van der Waals surface area contributed by atoms with Crippen LogP contribution in [0.2, 0.25) is 0 Å². The molecule has 100 valence electrons. The zero-order chi connectivity index (χ0) is 12.8. The van der Waals surface area contributed by atoms with Crippen LogP contribution in [0.5, 0.6) is 6.01 Å². The van der Waals surface area contributed by atoms with Crippen molar-refractivity contribution < 1.29 is 9.47 Å². The van der Waals surface area contributed by atoms with Crippen molar-refractivity contribution in [1.29, 1.82) is 0 Å². The van der Waals surface area contributed by atoms with Gasteiger partial charge in [0.05, 0.1) is 7.11 Å². The minimum absolute atomic E-state index is 0.229. The van der Waals surface area contributed by atoms with Crippen LogP contribution in [0.15, 0.2) is 0 Å². The number of anilines is 2. The molecule has 1 aliphatic heterocycles. The van der Waals surface area contributed by atoms with Crippen LogP contribution < -0.4 is 21.3 Å². The van der Waals surface area contributed by atoms with E-state index in [9.17, 15) is 0 Å². The molecule has 2 heterocycles. The number of nitrogens with zero attached hydrogens (tertiary/aromatic N) is 3. The van der Waals surface area contributed by atoms with Crippen molar-refractivity contribution in [3.8, 4) is 6.01 Å². The number of rotatable bonds is 5. The summed E-state index contributed by atoms with van der Waals surface area (Å²) < 4.78 is 10.3. The highest BCUT2D eigenvalue weighted by Crippen LogP contribution is 2.16. The Morgan fingerprint density at radius 3 is 2.67 bits per heavy atom. The Bertz CT molecular complexity index is 360. The van der Waals surface area contributed by atoms with E-state index in [1.54, 1.807) is 0 Å². The summed E-state index contributed by atoms with van der Waals surface area (Å²) in [5, 5.41) is 3.17. The van der Waals surface area contributed by atoms with Crippen LogP contribution in [-0.4, -0.2) is 41.8 Å². The summed E-state index contributed by atoms with van der Waals surface area (Å²) in [6, 6.07) is 0.229. The average molecular weight is 254 g/mol. The molecule has 0 aliphatic carbocycles. The first-order valence-corrected chi connectivity index (χ1v) is 5.90. The number of ether oxygens (including phenoxy) is 2. The van der Waals surface area contributed by atoms with Gasteiger partial charge in [0, 0.05) is 19.8 Å². The first-order chi connectivity index (χ1) is 8.81. The second-order valence-electron chi connectivity index (χ2n) is 4.05. The van der Waals surface area contributed by atoms with Crippen molar-refractivity contribution in [3.05, 3.63) is 0 Å². The van der Waals surface area contributed by atoms with Gasteiger partial charge in [-0.3, -0.25) is 5.43 Å². The molecule has 0 unspecified atom stereocenters. The number of methoxy groups -OCH3 is 1. The lowest BCUT2D eigenvalue weighted by atomic mass is 10.0. The van der Waals surface area contributed by atoms with Gasteiger partial charge in [-0.05, 0) is 18.8 Å². The molecule has 8 nitrogen and oxygen atoms in total. The van der Waals surface area contributed by atoms with Gasteiger partial charge in [0.15, 0.2) is 0 Å². The molecule has 1 aromatic rings. The van der Waals surface area contributed by atoms with E-state index >= 15 is 0 Å². The molecular formula is C10H18N6O2. The summed E-state index contributed by atoms with van der Waals surface area (Å²) in [7, 11) is 1.50. The van der Waals surface area contributed by atoms with Crippen LogP contribution in [0.1, 0.15) is 12.8 Å². The van der Waals surface area contributed by atoms with Crippen LogP contribution in [0.25, 0.3) is 0 Å². The molecule has 1 aromatic heterocycles. The van der Waals surface area contributed by atoms with Crippen molar-refractivity contribution in [1.82, 2.24) is 15.0 Å². The SMILES string of the molecule is COc1nc(NN)nc(NCC2CCOCC2)n1. The first-order valence-electron chi connectivity index (χ1n) is 5.90.